The number of halogens is 7. The summed E-state index contributed by atoms with van der Waals surface area (Å²) < 4.78 is 84.1. The van der Waals surface area contributed by atoms with Crippen LogP contribution in [0.25, 0.3) is 0 Å². The van der Waals surface area contributed by atoms with Gasteiger partial charge >= 0.3 is 18.5 Å². The number of alkyl halides is 7. The van der Waals surface area contributed by atoms with E-state index in [1.807, 2.05) is 0 Å². The average molecular weight is 396 g/mol. The predicted molar refractivity (Wildman–Crippen MR) is 64.3 cm³/mol. The summed E-state index contributed by atoms with van der Waals surface area (Å²) in [5.41, 5.74) is -3.02. The molecule has 0 fully saturated rings. The van der Waals surface area contributed by atoms with Gasteiger partial charge in [0.25, 0.3) is 0 Å². The first kappa shape index (κ1) is 18.5. The van der Waals surface area contributed by atoms with Gasteiger partial charge in [-0.1, -0.05) is 15.9 Å². The summed E-state index contributed by atoms with van der Waals surface area (Å²) in [7, 11) is 0.935. The number of aromatic nitrogens is 1. The molecule has 0 spiro atoms. The van der Waals surface area contributed by atoms with Crippen LogP contribution in [-0.2, 0) is 27.5 Å². The smallest absolute Gasteiger partial charge is 0.469 e. The highest BCUT2D eigenvalue weighted by Crippen LogP contribution is 2.42. The molecule has 0 aliphatic rings. The van der Waals surface area contributed by atoms with Gasteiger partial charge in [0, 0.05) is 11.5 Å². The van der Waals surface area contributed by atoms with Crippen LogP contribution in [0.2, 0.25) is 0 Å². The molecule has 0 N–H and O–H groups in total. The Morgan fingerprint density at radius 3 is 2.27 bits per heavy atom. The molecule has 0 aliphatic heterocycles. The minimum atomic E-state index is -5.38. The molecule has 0 atom stereocenters. The molecule has 0 bridgehead atoms. The van der Waals surface area contributed by atoms with Crippen LogP contribution in [0.1, 0.15) is 16.8 Å². The standard InChI is InChI=1S/C11H8BrF6NO3/c1-21-7(20)2-6-9(22-11(16,17)18)8(10(13,14)15)5(3-12)4-19-6/h4H,2-3H2,1H3. The Labute approximate surface area is 128 Å². The molecule has 1 rings (SSSR count). The molecule has 22 heavy (non-hydrogen) atoms. The fourth-order valence-electron chi connectivity index (χ4n) is 1.54. The van der Waals surface area contributed by atoms with Crippen molar-refractivity contribution in [2.75, 3.05) is 7.11 Å². The van der Waals surface area contributed by atoms with Crippen LogP contribution in [0.4, 0.5) is 26.3 Å². The second-order valence-electron chi connectivity index (χ2n) is 3.87. The van der Waals surface area contributed by atoms with E-state index in [-0.39, 0.29) is 0 Å². The maximum atomic E-state index is 13.1. The highest BCUT2D eigenvalue weighted by molar-refractivity contribution is 9.08. The van der Waals surface area contributed by atoms with Crippen molar-refractivity contribution in [2.45, 2.75) is 24.3 Å². The van der Waals surface area contributed by atoms with E-state index in [1.54, 1.807) is 0 Å². The van der Waals surface area contributed by atoms with Crippen molar-refractivity contribution in [3.05, 3.63) is 23.0 Å². The summed E-state index contributed by atoms with van der Waals surface area (Å²) in [4.78, 5) is 14.6. The van der Waals surface area contributed by atoms with Crippen molar-refractivity contribution in [1.29, 1.82) is 0 Å². The van der Waals surface area contributed by atoms with E-state index in [0.29, 0.717) is 0 Å². The van der Waals surface area contributed by atoms with Crippen molar-refractivity contribution in [3.8, 4) is 5.75 Å². The Hall–Kier alpha value is -1.52. The van der Waals surface area contributed by atoms with Crippen LogP contribution in [0.15, 0.2) is 6.20 Å². The first-order chi connectivity index (χ1) is 9.99. The Kier molecular flexibility index (Phi) is 5.65. The molecule has 0 saturated heterocycles. The SMILES string of the molecule is COC(=O)Cc1ncc(CBr)c(C(F)(F)F)c1OC(F)(F)F. The van der Waals surface area contributed by atoms with E-state index in [1.165, 1.54) is 0 Å². The molecule has 0 aliphatic carbocycles. The maximum Gasteiger partial charge on any atom is 0.573 e. The monoisotopic (exact) mass is 395 g/mol. The third-order valence-electron chi connectivity index (χ3n) is 2.37. The largest absolute Gasteiger partial charge is 0.573 e. The number of carbonyl (C=O) groups is 1. The number of ether oxygens (including phenoxy) is 2. The van der Waals surface area contributed by atoms with E-state index < -0.39 is 52.8 Å². The number of hydrogen-bond acceptors (Lipinski definition) is 4. The lowest BCUT2D eigenvalue weighted by molar-refractivity contribution is -0.276. The lowest BCUT2D eigenvalue weighted by Crippen LogP contribution is -2.24. The summed E-state index contributed by atoms with van der Waals surface area (Å²) in [5.74, 6) is -2.61. The summed E-state index contributed by atoms with van der Waals surface area (Å²) in [5, 5.41) is -0.401. The van der Waals surface area contributed by atoms with Gasteiger partial charge in [0.05, 0.1) is 19.2 Å². The minimum absolute atomic E-state index is 0.401. The molecule has 4 nitrogen and oxygen atoms in total. The van der Waals surface area contributed by atoms with E-state index >= 15 is 0 Å². The molecule has 1 heterocycles. The highest BCUT2D eigenvalue weighted by Gasteiger charge is 2.43. The Bertz CT molecular complexity index is 558. The number of hydrogen-bond donors (Lipinski definition) is 0. The lowest BCUT2D eigenvalue weighted by Gasteiger charge is -2.20. The van der Waals surface area contributed by atoms with Gasteiger partial charge in [0.2, 0.25) is 0 Å². The zero-order valence-corrected chi connectivity index (χ0v) is 12.4. The van der Waals surface area contributed by atoms with E-state index in [9.17, 15) is 31.1 Å². The molecule has 1 aromatic heterocycles. The van der Waals surface area contributed by atoms with Gasteiger partial charge in [-0.2, -0.15) is 13.2 Å². The topological polar surface area (TPSA) is 48.4 Å². The molecule has 0 aromatic carbocycles. The van der Waals surface area contributed by atoms with Crippen LogP contribution < -0.4 is 4.74 Å². The number of pyridine rings is 1. The van der Waals surface area contributed by atoms with Gasteiger partial charge in [-0.3, -0.25) is 9.78 Å². The molecular formula is C11H8BrF6NO3. The first-order valence-electron chi connectivity index (χ1n) is 5.46. The van der Waals surface area contributed by atoms with Gasteiger partial charge in [-0.05, 0) is 5.56 Å². The van der Waals surface area contributed by atoms with Crippen LogP contribution in [-0.4, -0.2) is 24.4 Å². The summed E-state index contributed by atoms with van der Waals surface area (Å²) in [6.45, 7) is 0. The average Bonchev–Trinajstić information content (AvgIpc) is 2.36. The van der Waals surface area contributed by atoms with Gasteiger partial charge in [0.1, 0.15) is 5.56 Å². The van der Waals surface area contributed by atoms with Crippen molar-refractivity contribution in [1.82, 2.24) is 4.98 Å². The number of rotatable bonds is 4. The second-order valence-corrected chi connectivity index (χ2v) is 4.43. The third kappa shape index (κ3) is 4.75. The fourth-order valence-corrected chi connectivity index (χ4v) is 1.97. The van der Waals surface area contributed by atoms with Crippen LogP contribution in [0.5, 0.6) is 5.75 Å². The van der Waals surface area contributed by atoms with Gasteiger partial charge in [-0.25, -0.2) is 0 Å². The highest BCUT2D eigenvalue weighted by atomic mass is 79.9. The van der Waals surface area contributed by atoms with Crippen molar-refractivity contribution in [2.24, 2.45) is 0 Å². The lowest BCUT2D eigenvalue weighted by atomic mass is 10.1. The van der Waals surface area contributed by atoms with Gasteiger partial charge in [-0.15, -0.1) is 13.2 Å². The molecule has 0 radical (unpaired) electrons. The Morgan fingerprint density at radius 1 is 1.27 bits per heavy atom. The zero-order chi connectivity index (χ0) is 17.1. The predicted octanol–water partition coefficient (Wildman–Crippen LogP) is 3.61. The van der Waals surface area contributed by atoms with Crippen LogP contribution in [0.3, 0.4) is 0 Å². The molecule has 124 valence electrons. The van der Waals surface area contributed by atoms with E-state index in [2.05, 4.69) is 30.4 Å². The van der Waals surface area contributed by atoms with Crippen LogP contribution in [0, 0.1) is 0 Å². The summed E-state index contributed by atoms with van der Waals surface area (Å²) in [6.07, 6.45) is -10.7. The number of carbonyl (C=O) groups excluding carboxylic acids is 1. The fraction of sp³-hybridized carbons (Fsp3) is 0.455. The number of nitrogens with zero attached hydrogens (tertiary/aromatic N) is 1. The van der Waals surface area contributed by atoms with Gasteiger partial charge < -0.3 is 9.47 Å². The van der Waals surface area contributed by atoms with Crippen molar-refractivity contribution in [3.63, 3.8) is 0 Å². The number of methoxy groups -OCH3 is 1. The Balaban J connectivity index is 3.54. The Morgan fingerprint density at radius 2 is 1.86 bits per heavy atom. The van der Waals surface area contributed by atoms with E-state index in [4.69, 9.17) is 0 Å². The summed E-state index contributed by atoms with van der Waals surface area (Å²) in [6, 6.07) is 0. The second kappa shape index (κ2) is 6.71. The molecular weight excluding hydrogens is 388 g/mol. The third-order valence-corrected chi connectivity index (χ3v) is 2.98. The van der Waals surface area contributed by atoms with Crippen molar-refractivity contribution >= 4 is 21.9 Å². The minimum Gasteiger partial charge on any atom is -0.469 e. The van der Waals surface area contributed by atoms with Crippen LogP contribution >= 0.6 is 15.9 Å². The normalized spacial score (nSPS) is 12.2. The zero-order valence-electron chi connectivity index (χ0n) is 10.8. The molecule has 0 unspecified atom stereocenters. The molecule has 0 saturated carbocycles. The van der Waals surface area contributed by atoms with Gasteiger partial charge in [0.15, 0.2) is 5.75 Å². The maximum absolute atomic E-state index is 13.1. The number of esters is 1. The molecule has 1 aromatic rings. The summed E-state index contributed by atoms with van der Waals surface area (Å²) >= 11 is 2.74. The van der Waals surface area contributed by atoms with E-state index in [0.717, 1.165) is 13.3 Å². The molecule has 11 heteroatoms. The molecule has 0 amide bonds. The quantitative estimate of drug-likeness (QED) is 0.444. The first-order valence-corrected chi connectivity index (χ1v) is 6.58. The van der Waals surface area contributed by atoms with Crippen molar-refractivity contribution < 1.29 is 40.6 Å².